The Morgan fingerprint density at radius 2 is 2.08 bits per heavy atom. The van der Waals surface area contributed by atoms with E-state index in [-0.39, 0.29) is 11.7 Å². The lowest BCUT2D eigenvalue weighted by Gasteiger charge is -2.13. The molecule has 3 amide bonds. The Hall–Kier alpha value is -2.39. The molecule has 9 heteroatoms. The fourth-order valence-electron chi connectivity index (χ4n) is 2.31. The third-order valence-corrected chi connectivity index (χ3v) is 4.97. The summed E-state index contributed by atoms with van der Waals surface area (Å²) < 4.78 is 27.5. The third-order valence-electron chi connectivity index (χ3n) is 3.58. The van der Waals surface area contributed by atoms with Crippen molar-refractivity contribution in [1.29, 1.82) is 0 Å². The molecule has 136 valence electrons. The van der Waals surface area contributed by atoms with Crippen LogP contribution in [-0.4, -0.2) is 52.4 Å². The van der Waals surface area contributed by atoms with E-state index in [0.29, 0.717) is 30.0 Å². The lowest BCUT2D eigenvalue weighted by Crippen LogP contribution is -2.38. The van der Waals surface area contributed by atoms with Crippen molar-refractivity contribution < 1.29 is 22.7 Å². The summed E-state index contributed by atoms with van der Waals surface area (Å²) in [6.45, 7) is 2.60. The van der Waals surface area contributed by atoms with Gasteiger partial charge < -0.3 is 20.7 Å². The molecule has 0 saturated carbocycles. The monoisotopic (exact) mass is 367 g/mol. The zero-order chi connectivity index (χ0) is 18.4. The zero-order valence-electron chi connectivity index (χ0n) is 14.0. The number of carbonyl (C=O) groups excluding carboxylic acids is 2. The molecule has 1 aromatic carbocycles. The Balaban J connectivity index is 1.93. The summed E-state index contributed by atoms with van der Waals surface area (Å²) in [6, 6.07) is 3.84. The molecule has 1 aliphatic heterocycles. The molecule has 25 heavy (non-hydrogen) atoms. The molecule has 1 aromatic rings. The minimum atomic E-state index is -3.22. The number of ether oxygens (including phenoxy) is 1. The lowest BCUT2D eigenvalue weighted by atomic mass is 10.1. The summed E-state index contributed by atoms with van der Waals surface area (Å²) in [6.07, 6.45) is 1.44. The van der Waals surface area contributed by atoms with Crippen molar-refractivity contribution in [3.05, 3.63) is 40.8 Å². The number of carbonyl (C=O) groups is 2. The first-order chi connectivity index (χ1) is 11.8. The van der Waals surface area contributed by atoms with Crippen LogP contribution in [0.3, 0.4) is 0 Å². The van der Waals surface area contributed by atoms with Gasteiger partial charge >= 0.3 is 6.03 Å². The van der Waals surface area contributed by atoms with E-state index in [1.165, 1.54) is 6.08 Å². The van der Waals surface area contributed by atoms with Crippen LogP contribution in [0.1, 0.15) is 15.9 Å². The van der Waals surface area contributed by atoms with Crippen LogP contribution in [0.25, 0.3) is 0 Å². The van der Waals surface area contributed by atoms with Gasteiger partial charge in [-0.25, -0.2) is 13.2 Å². The summed E-state index contributed by atoms with van der Waals surface area (Å²) in [5, 5.41) is 9.04. The zero-order valence-corrected chi connectivity index (χ0v) is 14.9. The number of benzene rings is 1. The summed E-state index contributed by atoms with van der Waals surface area (Å²) in [7, 11) is -1.67. The van der Waals surface area contributed by atoms with Crippen LogP contribution in [0, 0.1) is 6.92 Å². The second kappa shape index (κ2) is 8.13. The van der Waals surface area contributed by atoms with Gasteiger partial charge in [0.1, 0.15) is 0 Å². The first-order valence-electron chi connectivity index (χ1n) is 7.67. The molecule has 0 saturated heterocycles. The second-order valence-electron chi connectivity index (χ2n) is 5.64. The van der Waals surface area contributed by atoms with Crippen LogP contribution in [0.15, 0.2) is 29.7 Å². The number of rotatable bonds is 6. The molecule has 0 spiro atoms. The normalized spacial score (nSPS) is 17.9. The van der Waals surface area contributed by atoms with Crippen molar-refractivity contribution in [2.75, 3.05) is 31.3 Å². The maximum absolute atomic E-state index is 12.0. The van der Waals surface area contributed by atoms with Gasteiger partial charge in [-0.2, -0.15) is 0 Å². The Morgan fingerprint density at radius 1 is 1.32 bits per heavy atom. The number of methoxy groups -OCH3 is 1. The van der Waals surface area contributed by atoms with Crippen LogP contribution >= 0.6 is 0 Å². The molecule has 2 rings (SSSR count). The Bertz CT molecular complexity index is 789. The van der Waals surface area contributed by atoms with Crippen molar-refractivity contribution in [3.8, 4) is 0 Å². The smallest absolute Gasteiger partial charge is 0.319 e. The molecule has 0 fully saturated rings. The Kier molecular flexibility index (Phi) is 6.16. The van der Waals surface area contributed by atoms with Crippen molar-refractivity contribution in [2.24, 2.45) is 0 Å². The van der Waals surface area contributed by atoms with E-state index in [9.17, 15) is 18.0 Å². The predicted molar refractivity (Wildman–Crippen MR) is 94.3 cm³/mol. The number of aryl methyl sites for hydroxylation is 1. The minimum absolute atomic E-state index is 0.139. The van der Waals surface area contributed by atoms with Crippen molar-refractivity contribution in [3.63, 3.8) is 0 Å². The molecule has 1 aliphatic rings. The number of amides is 3. The van der Waals surface area contributed by atoms with E-state index < -0.39 is 21.9 Å². The third kappa shape index (κ3) is 5.57. The van der Waals surface area contributed by atoms with E-state index in [1.807, 2.05) is 0 Å². The highest BCUT2D eigenvalue weighted by Crippen LogP contribution is 2.17. The molecule has 1 atom stereocenters. The molecular formula is C16H21N3O5S. The topological polar surface area (TPSA) is 114 Å². The number of sulfone groups is 1. The van der Waals surface area contributed by atoms with Gasteiger partial charge in [0.05, 0.1) is 18.4 Å². The van der Waals surface area contributed by atoms with E-state index >= 15 is 0 Å². The van der Waals surface area contributed by atoms with Gasteiger partial charge in [-0.3, -0.25) is 4.79 Å². The van der Waals surface area contributed by atoms with Gasteiger partial charge in [-0.1, -0.05) is 0 Å². The summed E-state index contributed by atoms with van der Waals surface area (Å²) >= 11 is 0. The van der Waals surface area contributed by atoms with Crippen LogP contribution in [0.4, 0.5) is 10.5 Å². The Labute approximate surface area is 146 Å². The van der Waals surface area contributed by atoms with Crippen molar-refractivity contribution in [2.45, 2.75) is 13.0 Å². The fourth-order valence-corrected chi connectivity index (χ4v) is 3.54. The predicted octanol–water partition coefficient (Wildman–Crippen LogP) is 0.803. The molecule has 1 unspecified atom stereocenters. The summed E-state index contributed by atoms with van der Waals surface area (Å²) in [5.41, 5.74) is 1.73. The molecular weight excluding hydrogens is 346 g/mol. The highest BCUT2D eigenvalue weighted by Gasteiger charge is 2.23. The molecule has 0 aromatic heterocycles. The number of urea groups is 1. The minimum Gasteiger partial charge on any atom is -0.383 e. The van der Waals surface area contributed by atoms with Crippen molar-refractivity contribution in [1.82, 2.24) is 10.6 Å². The molecule has 0 bridgehead atoms. The van der Waals surface area contributed by atoms with Crippen molar-refractivity contribution >= 4 is 27.5 Å². The van der Waals surface area contributed by atoms with Gasteiger partial charge in [0.25, 0.3) is 5.91 Å². The van der Waals surface area contributed by atoms with Gasteiger partial charge in [-0.15, -0.1) is 0 Å². The number of nitrogens with one attached hydrogen (secondary N) is 3. The van der Waals surface area contributed by atoms with E-state index in [0.717, 1.165) is 5.41 Å². The van der Waals surface area contributed by atoms with E-state index in [1.54, 1.807) is 32.2 Å². The molecule has 0 radical (unpaired) electrons. The first kappa shape index (κ1) is 18.9. The van der Waals surface area contributed by atoms with Gasteiger partial charge in [-0.05, 0) is 36.8 Å². The SMILES string of the molecule is COCCNC(=O)c1ccc(NC(=O)NC2C=CS(=O)(=O)C2)c(C)c1. The molecule has 8 nitrogen and oxygen atoms in total. The fraction of sp³-hybridized carbons (Fsp3) is 0.375. The van der Waals surface area contributed by atoms with E-state index in [2.05, 4.69) is 16.0 Å². The Morgan fingerprint density at radius 3 is 2.68 bits per heavy atom. The highest BCUT2D eigenvalue weighted by atomic mass is 32.2. The van der Waals surface area contributed by atoms with Crippen LogP contribution < -0.4 is 16.0 Å². The van der Waals surface area contributed by atoms with Gasteiger partial charge in [0.15, 0.2) is 9.84 Å². The summed E-state index contributed by atoms with van der Waals surface area (Å²) in [5.74, 6) is -0.363. The number of hydrogen-bond donors (Lipinski definition) is 3. The largest absolute Gasteiger partial charge is 0.383 e. The highest BCUT2D eigenvalue weighted by molar-refractivity contribution is 7.94. The maximum Gasteiger partial charge on any atom is 0.319 e. The van der Waals surface area contributed by atoms with Crippen LogP contribution in [0.5, 0.6) is 0 Å². The molecule has 1 heterocycles. The standard InChI is InChI=1S/C16H21N3O5S/c1-11-9-12(15(20)17-6-7-24-2)3-4-14(11)19-16(21)18-13-5-8-25(22,23)10-13/h3-5,8-9,13H,6-7,10H2,1-2H3,(H,17,20)(H2,18,19,21). The molecule has 0 aliphatic carbocycles. The maximum atomic E-state index is 12.0. The quantitative estimate of drug-likeness (QED) is 0.644. The second-order valence-corrected chi connectivity index (χ2v) is 7.57. The van der Waals surface area contributed by atoms with Gasteiger partial charge in [0, 0.05) is 30.3 Å². The van der Waals surface area contributed by atoms with Crippen LogP contribution in [0.2, 0.25) is 0 Å². The van der Waals surface area contributed by atoms with Crippen LogP contribution in [-0.2, 0) is 14.6 Å². The average molecular weight is 367 g/mol. The summed E-state index contributed by atoms with van der Waals surface area (Å²) in [4.78, 5) is 23.9. The first-order valence-corrected chi connectivity index (χ1v) is 9.38. The lowest BCUT2D eigenvalue weighted by molar-refractivity contribution is 0.0937. The average Bonchev–Trinajstić information content (AvgIpc) is 2.88. The molecule has 3 N–H and O–H groups in total. The van der Waals surface area contributed by atoms with Gasteiger partial charge in [0.2, 0.25) is 0 Å². The number of hydrogen-bond acceptors (Lipinski definition) is 5. The van der Waals surface area contributed by atoms with E-state index in [4.69, 9.17) is 4.74 Å². The number of anilines is 1.